The molecule has 1 unspecified atom stereocenters. The molecule has 0 radical (unpaired) electrons. The summed E-state index contributed by atoms with van der Waals surface area (Å²) >= 11 is 5.48. The van der Waals surface area contributed by atoms with Crippen LogP contribution in [-0.4, -0.2) is 7.11 Å². The van der Waals surface area contributed by atoms with Gasteiger partial charge in [-0.25, -0.2) is 4.84 Å². The predicted octanol–water partition coefficient (Wildman–Crippen LogP) is 2.50. The van der Waals surface area contributed by atoms with Gasteiger partial charge in [0.25, 0.3) is 0 Å². The molecule has 66 valence electrons. The summed E-state index contributed by atoms with van der Waals surface area (Å²) in [6, 6.07) is 7.97. The molecular weight excluding hydrogens is 174 g/mol. The van der Waals surface area contributed by atoms with Crippen LogP contribution in [0.5, 0.6) is 5.75 Å². The molecule has 0 bridgehead atoms. The quantitative estimate of drug-likeness (QED) is 0.731. The Morgan fingerprint density at radius 2 is 1.92 bits per heavy atom. The van der Waals surface area contributed by atoms with Gasteiger partial charge in [-0.2, -0.15) is 0 Å². The van der Waals surface area contributed by atoms with Crippen LogP contribution in [-0.2, 0) is 0 Å². The lowest BCUT2D eigenvalue weighted by Crippen LogP contribution is -2.05. The van der Waals surface area contributed by atoms with Crippen LogP contribution in [0, 0.1) is 0 Å². The lowest BCUT2D eigenvalue weighted by atomic mass is 10.1. The number of ether oxygens (including phenoxy) is 1. The van der Waals surface area contributed by atoms with Gasteiger partial charge in [0.1, 0.15) is 5.75 Å². The number of nitrogens with one attached hydrogen (secondary N) is 1. The van der Waals surface area contributed by atoms with E-state index in [1.165, 1.54) is 0 Å². The van der Waals surface area contributed by atoms with Gasteiger partial charge < -0.3 is 4.74 Å². The van der Waals surface area contributed by atoms with Gasteiger partial charge in [-0.15, -0.1) is 0 Å². The van der Waals surface area contributed by atoms with Gasteiger partial charge in [-0.05, 0) is 36.4 Å². The Labute approximate surface area is 77.6 Å². The Morgan fingerprint density at radius 3 is 2.33 bits per heavy atom. The Balaban J connectivity index is 2.77. The van der Waals surface area contributed by atoms with Gasteiger partial charge in [0.2, 0.25) is 0 Å². The van der Waals surface area contributed by atoms with Crippen LogP contribution in [0.3, 0.4) is 0 Å². The highest BCUT2D eigenvalue weighted by Crippen LogP contribution is 2.17. The topological polar surface area (TPSA) is 21.3 Å². The van der Waals surface area contributed by atoms with Crippen molar-refractivity contribution in [2.75, 3.05) is 7.11 Å². The zero-order chi connectivity index (χ0) is 8.97. The van der Waals surface area contributed by atoms with E-state index in [2.05, 4.69) is 4.84 Å². The molecular formula is C9H12ClNO. The smallest absolute Gasteiger partial charge is 0.118 e. The second kappa shape index (κ2) is 4.33. The number of rotatable bonds is 3. The Morgan fingerprint density at radius 1 is 1.33 bits per heavy atom. The highest BCUT2D eigenvalue weighted by Gasteiger charge is 2.01. The minimum Gasteiger partial charge on any atom is -0.497 e. The fourth-order valence-electron chi connectivity index (χ4n) is 0.956. The average Bonchev–Trinajstić information content (AvgIpc) is 2.17. The normalized spacial score (nSPS) is 12.6. The first kappa shape index (κ1) is 9.36. The summed E-state index contributed by atoms with van der Waals surface area (Å²) < 4.78 is 5.03. The zero-order valence-electron chi connectivity index (χ0n) is 7.17. The van der Waals surface area contributed by atoms with Crippen molar-refractivity contribution >= 4 is 11.8 Å². The van der Waals surface area contributed by atoms with Gasteiger partial charge in [-0.1, -0.05) is 12.1 Å². The fraction of sp³-hybridized carbons (Fsp3) is 0.333. The minimum absolute atomic E-state index is 0.164. The Bertz CT molecular complexity index is 235. The van der Waals surface area contributed by atoms with E-state index < -0.39 is 0 Å². The van der Waals surface area contributed by atoms with Crippen LogP contribution in [0.1, 0.15) is 18.5 Å². The fourth-order valence-corrected chi connectivity index (χ4v) is 1.08. The number of methoxy groups -OCH3 is 1. The molecule has 0 aliphatic heterocycles. The molecule has 3 heteroatoms. The van der Waals surface area contributed by atoms with Gasteiger partial charge in [0.05, 0.1) is 7.11 Å². The number of hydrogen-bond donors (Lipinski definition) is 1. The molecule has 1 N–H and O–H groups in total. The summed E-state index contributed by atoms with van der Waals surface area (Å²) in [6.07, 6.45) is 0. The Kier molecular flexibility index (Phi) is 3.38. The van der Waals surface area contributed by atoms with E-state index in [0.717, 1.165) is 11.3 Å². The van der Waals surface area contributed by atoms with Crippen molar-refractivity contribution in [3.63, 3.8) is 0 Å². The van der Waals surface area contributed by atoms with Crippen molar-refractivity contribution < 1.29 is 4.74 Å². The maximum Gasteiger partial charge on any atom is 0.118 e. The summed E-state index contributed by atoms with van der Waals surface area (Å²) in [5.41, 5.74) is 1.14. The number of halogens is 1. The molecule has 1 atom stereocenters. The summed E-state index contributed by atoms with van der Waals surface area (Å²) in [6.45, 7) is 1.99. The van der Waals surface area contributed by atoms with Gasteiger partial charge in [-0.3, -0.25) is 0 Å². The van der Waals surface area contributed by atoms with Crippen LogP contribution < -0.4 is 9.57 Å². The van der Waals surface area contributed by atoms with E-state index in [0.29, 0.717) is 0 Å². The molecule has 0 saturated heterocycles. The van der Waals surface area contributed by atoms with Crippen LogP contribution in [0.2, 0.25) is 0 Å². The summed E-state index contributed by atoms with van der Waals surface area (Å²) in [4.78, 5) is 2.65. The maximum atomic E-state index is 5.48. The monoisotopic (exact) mass is 185 g/mol. The van der Waals surface area contributed by atoms with Gasteiger partial charge >= 0.3 is 0 Å². The minimum atomic E-state index is 0.164. The van der Waals surface area contributed by atoms with E-state index >= 15 is 0 Å². The maximum absolute atomic E-state index is 5.48. The first-order chi connectivity index (χ1) is 5.77. The van der Waals surface area contributed by atoms with Crippen LogP contribution in [0.4, 0.5) is 0 Å². The van der Waals surface area contributed by atoms with E-state index in [9.17, 15) is 0 Å². The van der Waals surface area contributed by atoms with Gasteiger partial charge in [0.15, 0.2) is 0 Å². The van der Waals surface area contributed by atoms with Crippen molar-refractivity contribution in [2.24, 2.45) is 0 Å². The highest BCUT2D eigenvalue weighted by atomic mass is 35.5. The molecule has 0 saturated carbocycles. The van der Waals surface area contributed by atoms with E-state index in [1.807, 2.05) is 31.2 Å². The predicted molar refractivity (Wildman–Crippen MR) is 50.4 cm³/mol. The molecule has 1 aromatic carbocycles. The average molecular weight is 186 g/mol. The van der Waals surface area contributed by atoms with Crippen molar-refractivity contribution in [3.05, 3.63) is 29.8 Å². The molecule has 2 nitrogen and oxygen atoms in total. The van der Waals surface area contributed by atoms with Crippen LogP contribution in [0.15, 0.2) is 24.3 Å². The SMILES string of the molecule is COc1ccc(C(C)NCl)cc1. The van der Waals surface area contributed by atoms with Gasteiger partial charge in [0, 0.05) is 6.04 Å². The summed E-state index contributed by atoms with van der Waals surface area (Å²) in [5, 5.41) is 0. The molecule has 0 aliphatic rings. The molecule has 0 spiro atoms. The van der Waals surface area contributed by atoms with E-state index in [1.54, 1.807) is 7.11 Å². The molecule has 12 heavy (non-hydrogen) atoms. The second-order valence-electron chi connectivity index (χ2n) is 2.60. The highest BCUT2D eigenvalue weighted by molar-refractivity contribution is 6.13. The number of benzene rings is 1. The standard InChI is InChI=1S/C9H12ClNO/c1-7(11-10)8-3-5-9(12-2)6-4-8/h3-7,11H,1-2H3. The molecule has 1 rings (SSSR count). The van der Waals surface area contributed by atoms with E-state index in [4.69, 9.17) is 16.5 Å². The van der Waals surface area contributed by atoms with E-state index in [-0.39, 0.29) is 6.04 Å². The van der Waals surface area contributed by atoms with Crippen molar-refractivity contribution in [2.45, 2.75) is 13.0 Å². The molecule has 0 heterocycles. The number of hydrogen-bond acceptors (Lipinski definition) is 2. The summed E-state index contributed by atoms with van der Waals surface area (Å²) in [5.74, 6) is 0.862. The zero-order valence-corrected chi connectivity index (χ0v) is 7.93. The lowest BCUT2D eigenvalue weighted by molar-refractivity contribution is 0.414. The molecule has 0 aliphatic carbocycles. The van der Waals surface area contributed by atoms with Crippen molar-refractivity contribution in [1.82, 2.24) is 4.84 Å². The van der Waals surface area contributed by atoms with Crippen LogP contribution >= 0.6 is 11.8 Å². The van der Waals surface area contributed by atoms with Crippen molar-refractivity contribution in [3.8, 4) is 5.75 Å². The molecule has 0 amide bonds. The largest absolute Gasteiger partial charge is 0.497 e. The molecule has 1 aromatic rings. The molecule has 0 aromatic heterocycles. The first-order valence-corrected chi connectivity index (χ1v) is 4.16. The second-order valence-corrected chi connectivity index (χ2v) is 2.82. The van der Waals surface area contributed by atoms with Crippen molar-refractivity contribution in [1.29, 1.82) is 0 Å². The Hall–Kier alpha value is -0.730. The third kappa shape index (κ3) is 2.13. The summed E-state index contributed by atoms with van der Waals surface area (Å²) in [7, 11) is 1.65. The molecule has 0 fully saturated rings. The third-order valence-corrected chi connectivity index (χ3v) is 2.11. The lowest BCUT2D eigenvalue weighted by Gasteiger charge is -2.08. The first-order valence-electron chi connectivity index (χ1n) is 3.78. The van der Waals surface area contributed by atoms with Crippen LogP contribution in [0.25, 0.3) is 0 Å². The third-order valence-electron chi connectivity index (χ3n) is 1.78.